The summed E-state index contributed by atoms with van der Waals surface area (Å²) in [7, 11) is 1.67. The summed E-state index contributed by atoms with van der Waals surface area (Å²) in [5, 5.41) is 0. The number of nitrogens with zero attached hydrogens (tertiary/aromatic N) is 1. The molecule has 20 heavy (non-hydrogen) atoms. The molecule has 0 heterocycles. The van der Waals surface area contributed by atoms with E-state index in [9.17, 15) is 0 Å². The molecule has 108 valence electrons. The van der Waals surface area contributed by atoms with Crippen molar-refractivity contribution < 1.29 is 4.74 Å². The number of methoxy groups -OCH3 is 1. The van der Waals surface area contributed by atoms with Gasteiger partial charge in [0.1, 0.15) is 10.7 Å². The van der Waals surface area contributed by atoms with Crippen molar-refractivity contribution >= 4 is 17.2 Å². The Labute approximate surface area is 126 Å². The lowest BCUT2D eigenvalue weighted by Gasteiger charge is -2.22. The van der Waals surface area contributed by atoms with Crippen LogP contribution in [0.3, 0.4) is 0 Å². The van der Waals surface area contributed by atoms with E-state index in [1.807, 2.05) is 6.07 Å². The first-order chi connectivity index (χ1) is 9.67. The van der Waals surface area contributed by atoms with E-state index in [0.29, 0.717) is 4.99 Å². The fourth-order valence-corrected chi connectivity index (χ4v) is 2.86. The maximum atomic E-state index is 5.71. The number of ether oxygens (including phenoxy) is 1. The van der Waals surface area contributed by atoms with Gasteiger partial charge in [-0.2, -0.15) is 0 Å². The maximum absolute atomic E-state index is 5.71. The van der Waals surface area contributed by atoms with Crippen molar-refractivity contribution in [1.82, 2.24) is 4.90 Å². The van der Waals surface area contributed by atoms with Crippen molar-refractivity contribution in [2.75, 3.05) is 13.7 Å². The molecular formula is C16H22N2OS. The molecule has 0 bridgehead atoms. The Balaban J connectivity index is 1.73. The van der Waals surface area contributed by atoms with Gasteiger partial charge in [0.2, 0.25) is 0 Å². The SMILES string of the molecule is COc1cc(CN(CC2CC2)C2CC2)ccc1C(N)=S. The Morgan fingerprint density at radius 3 is 2.65 bits per heavy atom. The fourth-order valence-electron chi connectivity index (χ4n) is 2.69. The number of thiocarbonyl (C=S) groups is 1. The second kappa shape index (κ2) is 5.70. The van der Waals surface area contributed by atoms with Gasteiger partial charge < -0.3 is 10.5 Å². The highest BCUT2D eigenvalue weighted by atomic mass is 32.1. The van der Waals surface area contributed by atoms with Crippen molar-refractivity contribution in [1.29, 1.82) is 0 Å². The van der Waals surface area contributed by atoms with Crippen LogP contribution in [0.1, 0.15) is 36.8 Å². The molecule has 0 unspecified atom stereocenters. The van der Waals surface area contributed by atoms with Gasteiger partial charge in [-0.25, -0.2) is 0 Å². The van der Waals surface area contributed by atoms with Gasteiger partial charge in [0.25, 0.3) is 0 Å². The smallest absolute Gasteiger partial charge is 0.129 e. The number of rotatable bonds is 7. The van der Waals surface area contributed by atoms with E-state index >= 15 is 0 Å². The van der Waals surface area contributed by atoms with E-state index < -0.39 is 0 Å². The average Bonchev–Trinajstić information content (AvgIpc) is 3.29. The second-order valence-corrected chi connectivity index (χ2v) is 6.44. The number of hydrogen-bond acceptors (Lipinski definition) is 3. The molecule has 3 rings (SSSR count). The zero-order valence-corrected chi connectivity index (χ0v) is 12.8. The van der Waals surface area contributed by atoms with Crippen molar-refractivity contribution in [3.05, 3.63) is 29.3 Å². The van der Waals surface area contributed by atoms with Crippen LogP contribution in [-0.4, -0.2) is 29.6 Å². The zero-order chi connectivity index (χ0) is 14.1. The monoisotopic (exact) mass is 290 g/mol. The van der Waals surface area contributed by atoms with E-state index in [2.05, 4.69) is 17.0 Å². The minimum absolute atomic E-state index is 0.394. The Bertz CT molecular complexity index is 509. The molecule has 2 N–H and O–H groups in total. The van der Waals surface area contributed by atoms with Gasteiger partial charge in [-0.3, -0.25) is 4.90 Å². The quantitative estimate of drug-likeness (QED) is 0.784. The maximum Gasteiger partial charge on any atom is 0.129 e. The van der Waals surface area contributed by atoms with Gasteiger partial charge in [-0.1, -0.05) is 18.3 Å². The third-order valence-electron chi connectivity index (χ3n) is 4.17. The minimum atomic E-state index is 0.394. The van der Waals surface area contributed by atoms with Crippen molar-refractivity contribution in [3.63, 3.8) is 0 Å². The van der Waals surface area contributed by atoms with Crippen LogP contribution in [0.5, 0.6) is 5.75 Å². The van der Waals surface area contributed by atoms with Crippen molar-refractivity contribution in [2.45, 2.75) is 38.3 Å². The van der Waals surface area contributed by atoms with Crippen LogP contribution < -0.4 is 10.5 Å². The summed E-state index contributed by atoms with van der Waals surface area (Å²) in [4.78, 5) is 3.03. The van der Waals surface area contributed by atoms with E-state index in [-0.39, 0.29) is 0 Å². The number of nitrogens with two attached hydrogens (primary N) is 1. The third kappa shape index (κ3) is 3.30. The number of benzene rings is 1. The number of hydrogen-bond donors (Lipinski definition) is 1. The molecule has 0 radical (unpaired) electrons. The van der Waals surface area contributed by atoms with Crippen LogP contribution in [0.15, 0.2) is 18.2 Å². The second-order valence-electron chi connectivity index (χ2n) is 6.00. The van der Waals surface area contributed by atoms with Gasteiger partial charge in [0, 0.05) is 19.1 Å². The first-order valence-electron chi connectivity index (χ1n) is 7.38. The van der Waals surface area contributed by atoms with Gasteiger partial charge in [-0.05, 0) is 49.3 Å². The highest BCUT2D eigenvalue weighted by Crippen LogP contribution is 2.36. The highest BCUT2D eigenvalue weighted by Gasteiger charge is 2.33. The molecule has 2 aliphatic carbocycles. The van der Waals surface area contributed by atoms with Crippen LogP contribution in [0.4, 0.5) is 0 Å². The lowest BCUT2D eigenvalue weighted by Crippen LogP contribution is -2.27. The summed E-state index contributed by atoms with van der Waals surface area (Å²) in [5.74, 6) is 1.73. The average molecular weight is 290 g/mol. The summed E-state index contributed by atoms with van der Waals surface area (Å²) in [6.45, 7) is 2.26. The Morgan fingerprint density at radius 2 is 2.10 bits per heavy atom. The first-order valence-corrected chi connectivity index (χ1v) is 7.79. The minimum Gasteiger partial charge on any atom is -0.496 e. The van der Waals surface area contributed by atoms with Crippen molar-refractivity contribution in [3.8, 4) is 5.75 Å². The molecule has 1 aromatic carbocycles. The van der Waals surface area contributed by atoms with E-state index in [1.54, 1.807) is 7.11 Å². The van der Waals surface area contributed by atoms with Crippen LogP contribution in [0.2, 0.25) is 0 Å². The standard InChI is InChI=1S/C16H22N2OS/c1-19-15-8-12(4-7-14(15)16(17)20)10-18(13-5-6-13)9-11-2-3-11/h4,7-8,11,13H,2-3,5-6,9-10H2,1H3,(H2,17,20). The van der Waals surface area contributed by atoms with Crippen LogP contribution in [0.25, 0.3) is 0 Å². The molecule has 0 amide bonds. The molecule has 2 fully saturated rings. The molecule has 0 spiro atoms. The van der Waals surface area contributed by atoms with Crippen molar-refractivity contribution in [2.24, 2.45) is 11.7 Å². The van der Waals surface area contributed by atoms with Crippen LogP contribution >= 0.6 is 12.2 Å². The summed E-state index contributed by atoms with van der Waals surface area (Å²) >= 11 is 5.05. The molecule has 3 nitrogen and oxygen atoms in total. The molecule has 2 aliphatic rings. The summed E-state index contributed by atoms with van der Waals surface area (Å²) in [6.07, 6.45) is 5.53. The normalized spacial score (nSPS) is 18.3. The Hall–Kier alpha value is -1.13. The zero-order valence-electron chi connectivity index (χ0n) is 12.0. The molecule has 0 saturated heterocycles. The first kappa shape index (κ1) is 13.8. The van der Waals surface area contributed by atoms with E-state index in [1.165, 1.54) is 37.8 Å². The third-order valence-corrected chi connectivity index (χ3v) is 4.39. The lowest BCUT2D eigenvalue weighted by atomic mass is 10.1. The largest absolute Gasteiger partial charge is 0.496 e. The Morgan fingerprint density at radius 1 is 1.35 bits per heavy atom. The van der Waals surface area contributed by atoms with Gasteiger partial charge in [-0.15, -0.1) is 0 Å². The topological polar surface area (TPSA) is 38.5 Å². The molecular weight excluding hydrogens is 268 g/mol. The Kier molecular flexibility index (Phi) is 3.94. The predicted molar refractivity (Wildman–Crippen MR) is 85.0 cm³/mol. The van der Waals surface area contributed by atoms with Gasteiger partial charge in [0.05, 0.1) is 12.7 Å². The molecule has 0 aliphatic heterocycles. The summed E-state index contributed by atoms with van der Waals surface area (Å²) in [5.41, 5.74) is 7.83. The van der Waals surface area contributed by atoms with Gasteiger partial charge >= 0.3 is 0 Å². The molecule has 4 heteroatoms. The van der Waals surface area contributed by atoms with E-state index in [0.717, 1.165) is 29.8 Å². The molecule has 2 saturated carbocycles. The summed E-state index contributed by atoms with van der Waals surface area (Å²) < 4.78 is 5.41. The lowest BCUT2D eigenvalue weighted by molar-refractivity contribution is 0.244. The summed E-state index contributed by atoms with van der Waals surface area (Å²) in [6, 6.07) is 6.99. The predicted octanol–water partition coefficient (Wildman–Crippen LogP) is 2.70. The van der Waals surface area contributed by atoms with Crippen LogP contribution in [-0.2, 0) is 6.54 Å². The van der Waals surface area contributed by atoms with Gasteiger partial charge in [0.15, 0.2) is 0 Å². The molecule has 0 atom stereocenters. The van der Waals surface area contributed by atoms with Crippen LogP contribution in [0, 0.1) is 5.92 Å². The fraction of sp³-hybridized carbons (Fsp3) is 0.562. The molecule has 1 aromatic rings. The van der Waals surface area contributed by atoms with E-state index in [4.69, 9.17) is 22.7 Å². The molecule has 0 aromatic heterocycles. The highest BCUT2D eigenvalue weighted by molar-refractivity contribution is 7.80.